The van der Waals surface area contributed by atoms with E-state index in [0.717, 1.165) is 23.1 Å². The molecular weight excluding hydrogens is 304 g/mol. The summed E-state index contributed by atoms with van der Waals surface area (Å²) in [5, 5.41) is 4.33. The molecule has 0 saturated carbocycles. The lowest BCUT2D eigenvalue weighted by atomic mass is 10.0. The van der Waals surface area contributed by atoms with Gasteiger partial charge < -0.3 is 0 Å². The van der Waals surface area contributed by atoms with Gasteiger partial charge in [-0.2, -0.15) is 5.10 Å². The summed E-state index contributed by atoms with van der Waals surface area (Å²) in [5.74, 6) is 5.72. The summed E-state index contributed by atoms with van der Waals surface area (Å²) in [4.78, 5) is 0. The lowest BCUT2D eigenvalue weighted by Gasteiger charge is -2.18. The monoisotopic (exact) mass is 322 g/mol. The Balaban J connectivity index is 2.24. The Bertz CT molecular complexity index is 533. The molecule has 3 N–H and O–H groups in total. The zero-order valence-corrected chi connectivity index (χ0v) is 12.8. The standard InChI is InChI=1S/C14H19BrN4/c1-3-19-14(12(15)9-17-19)13(18-16)8-11-6-4-10(2)5-7-11/h4-7,9,13,18H,3,8,16H2,1-2H3. The van der Waals surface area contributed by atoms with Gasteiger partial charge >= 0.3 is 0 Å². The minimum absolute atomic E-state index is 0.0412. The van der Waals surface area contributed by atoms with Crippen molar-refractivity contribution in [3.8, 4) is 0 Å². The van der Waals surface area contributed by atoms with Gasteiger partial charge in [0.25, 0.3) is 0 Å². The number of nitrogens with zero attached hydrogens (tertiary/aromatic N) is 2. The molecule has 102 valence electrons. The molecule has 0 bridgehead atoms. The third-order valence-corrected chi connectivity index (χ3v) is 3.84. The molecule has 1 heterocycles. The van der Waals surface area contributed by atoms with Crippen LogP contribution in [0.2, 0.25) is 0 Å². The first-order valence-corrected chi connectivity index (χ1v) is 7.17. The fraction of sp³-hybridized carbons (Fsp3) is 0.357. The van der Waals surface area contributed by atoms with Crippen molar-refractivity contribution < 1.29 is 0 Å². The van der Waals surface area contributed by atoms with Crippen LogP contribution in [0.25, 0.3) is 0 Å². The summed E-state index contributed by atoms with van der Waals surface area (Å²) >= 11 is 3.55. The van der Waals surface area contributed by atoms with Crippen LogP contribution in [0.5, 0.6) is 0 Å². The van der Waals surface area contributed by atoms with Gasteiger partial charge in [-0.15, -0.1) is 0 Å². The maximum absolute atomic E-state index is 5.72. The predicted octanol–water partition coefficient (Wildman–Crippen LogP) is 2.72. The third kappa shape index (κ3) is 3.23. The molecule has 19 heavy (non-hydrogen) atoms. The lowest BCUT2D eigenvalue weighted by Crippen LogP contribution is -2.31. The van der Waals surface area contributed by atoms with Crippen LogP contribution in [0.15, 0.2) is 34.9 Å². The number of halogens is 1. The molecule has 0 radical (unpaired) electrons. The molecule has 5 heteroatoms. The minimum Gasteiger partial charge on any atom is -0.271 e. The molecule has 4 nitrogen and oxygen atoms in total. The Kier molecular flexibility index (Phi) is 4.74. The second-order valence-electron chi connectivity index (χ2n) is 4.60. The Morgan fingerprint density at radius 3 is 2.63 bits per heavy atom. The Labute approximate surface area is 122 Å². The summed E-state index contributed by atoms with van der Waals surface area (Å²) in [6.45, 7) is 4.99. The van der Waals surface area contributed by atoms with E-state index in [1.807, 2.05) is 10.9 Å². The number of nitrogens with one attached hydrogen (secondary N) is 1. The van der Waals surface area contributed by atoms with Crippen molar-refractivity contribution in [2.45, 2.75) is 32.9 Å². The molecule has 0 amide bonds. The predicted molar refractivity (Wildman–Crippen MR) is 80.5 cm³/mol. The first-order valence-electron chi connectivity index (χ1n) is 6.38. The van der Waals surface area contributed by atoms with Crippen molar-refractivity contribution in [1.82, 2.24) is 15.2 Å². The number of aromatic nitrogens is 2. The van der Waals surface area contributed by atoms with E-state index in [1.54, 1.807) is 0 Å². The van der Waals surface area contributed by atoms with Crippen LogP contribution in [-0.4, -0.2) is 9.78 Å². The van der Waals surface area contributed by atoms with Gasteiger partial charge in [0, 0.05) is 6.54 Å². The maximum Gasteiger partial charge on any atom is 0.0712 e. The number of rotatable bonds is 5. The molecule has 1 unspecified atom stereocenters. The molecule has 2 rings (SSSR count). The molecule has 1 aromatic carbocycles. The first-order chi connectivity index (χ1) is 9.15. The summed E-state index contributed by atoms with van der Waals surface area (Å²) in [5.41, 5.74) is 6.50. The Hall–Kier alpha value is -1.17. The Morgan fingerprint density at radius 2 is 2.05 bits per heavy atom. The molecule has 0 saturated heterocycles. The van der Waals surface area contributed by atoms with Crippen molar-refractivity contribution in [2.24, 2.45) is 5.84 Å². The molecule has 1 aromatic heterocycles. The molecule has 0 aliphatic rings. The number of benzene rings is 1. The van der Waals surface area contributed by atoms with E-state index < -0.39 is 0 Å². The minimum atomic E-state index is 0.0412. The first kappa shape index (κ1) is 14.2. The summed E-state index contributed by atoms with van der Waals surface area (Å²) in [7, 11) is 0. The number of hydrazine groups is 1. The molecule has 2 aromatic rings. The lowest BCUT2D eigenvalue weighted by molar-refractivity contribution is 0.489. The van der Waals surface area contributed by atoms with Crippen molar-refractivity contribution in [3.63, 3.8) is 0 Å². The fourth-order valence-corrected chi connectivity index (χ4v) is 2.74. The summed E-state index contributed by atoms with van der Waals surface area (Å²) in [6.07, 6.45) is 2.65. The van der Waals surface area contributed by atoms with Gasteiger partial charge in [-0.25, -0.2) is 0 Å². The number of nitrogens with two attached hydrogens (primary N) is 1. The van der Waals surface area contributed by atoms with Crippen LogP contribution in [-0.2, 0) is 13.0 Å². The fourth-order valence-electron chi connectivity index (χ4n) is 2.16. The van der Waals surface area contributed by atoms with E-state index in [0.29, 0.717) is 0 Å². The van der Waals surface area contributed by atoms with Gasteiger partial charge in [0.15, 0.2) is 0 Å². The van der Waals surface area contributed by atoms with E-state index in [1.165, 1.54) is 11.1 Å². The van der Waals surface area contributed by atoms with E-state index in [-0.39, 0.29) is 6.04 Å². The molecule has 0 aliphatic carbocycles. The second kappa shape index (κ2) is 6.32. The maximum atomic E-state index is 5.72. The largest absolute Gasteiger partial charge is 0.271 e. The van der Waals surface area contributed by atoms with Gasteiger partial charge in [0.2, 0.25) is 0 Å². The van der Waals surface area contributed by atoms with Gasteiger partial charge in [0.1, 0.15) is 0 Å². The second-order valence-corrected chi connectivity index (χ2v) is 5.46. The Morgan fingerprint density at radius 1 is 1.37 bits per heavy atom. The van der Waals surface area contributed by atoms with Crippen LogP contribution in [0.1, 0.15) is 29.8 Å². The van der Waals surface area contributed by atoms with E-state index >= 15 is 0 Å². The van der Waals surface area contributed by atoms with Crippen LogP contribution >= 0.6 is 15.9 Å². The highest BCUT2D eigenvalue weighted by Gasteiger charge is 2.18. The SMILES string of the molecule is CCn1ncc(Br)c1C(Cc1ccc(C)cc1)NN. The number of aryl methyl sites for hydroxylation is 2. The molecule has 0 fully saturated rings. The zero-order valence-electron chi connectivity index (χ0n) is 11.2. The average molecular weight is 323 g/mol. The average Bonchev–Trinajstić information content (AvgIpc) is 2.79. The zero-order chi connectivity index (χ0) is 13.8. The quantitative estimate of drug-likeness (QED) is 0.657. The van der Waals surface area contributed by atoms with Gasteiger partial charge in [-0.05, 0) is 41.8 Å². The van der Waals surface area contributed by atoms with Gasteiger partial charge in [0.05, 0.1) is 22.4 Å². The smallest absolute Gasteiger partial charge is 0.0712 e. The highest BCUT2D eigenvalue weighted by molar-refractivity contribution is 9.10. The summed E-state index contributed by atoms with van der Waals surface area (Å²) < 4.78 is 2.95. The van der Waals surface area contributed by atoms with Gasteiger partial charge in [-0.1, -0.05) is 29.8 Å². The van der Waals surface area contributed by atoms with Crippen molar-refractivity contribution >= 4 is 15.9 Å². The molecule has 1 atom stereocenters. The van der Waals surface area contributed by atoms with Crippen LogP contribution < -0.4 is 11.3 Å². The third-order valence-electron chi connectivity index (χ3n) is 3.22. The highest BCUT2D eigenvalue weighted by atomic mass is 79.9. The van der Waals surface area contributed by atoms with E-state index in [9.17, 15) is 0 Å². The van der Waals surface area contributed by atoms with Crippen molar-refractivity contribution in [3.05, 3.63) is 51.8 Å². The number of hydrogen-bond donors (Lipinski definition) is 2. The summed E-state index contributed by atoms with van der Waals surface area (Å²) in [6, 6.07) is 8.56. The van der Waals surface area contributed by atoms with E-state index in [4.69, 9.17) is 5.84 Å². The van der Waals surface area contributed by atoms with Crippen LogP contribution in [0.3, 0.4) is 0 Å². The molecular formula is C14H19BrN4. The van der Waals surface area contributed by atoms with Gasteiger partial charge in [-0.3, -0.25) is 16.0 Å². The topological polar surface area (TPSA) is 55.9 Å². The molecule has 0 spiro atoms. The number of hydrogen-bond acceptors (Lipinski definition) is 3. The van der Waals surface area contributed by atoms with E-state index in [2.05, 4.69) is 64.6 Å². The highest BCUT2D eigenvalue weighted by Crippen LogP contribution is 2.25. The van der Waals surface area contributed by atoms with Crippen molar-refractivity contribution in [1.29, 1.82) is 0 Å². The van der Waals surface area contributed by atoms with Crippen LogP contribution in [0, 0.1) is 6.92 Å². The normalized spacial score (nSPS) is 12.6. The van der Waals surface area contributed by atoms with Crippen molar-refractivity contribution in [2.75, 3.05) is 0 Å². The van der Waals surface area contributed by atoms with Crippen LogP contribution in [0.4, 0.5) is 0 Å². The molecule has 0 aliphatic heterocycles.